The zero-order valence-corrected chi connectivity index (χ0v) is 8.77. The van der Waals surface area contributed by atoms with Crippen LogP contribution in [0.25, 0.3) is 0 Å². The van der Waals surface area contributed by atoms with Gasteiger partial charge in [0.05, 0.1) is 0 Å². The molecule has 7 nitrogen and oxygen atoms in total. The number of nitrogens with two attached hydrogens (primary N) is 1. The lowest BCUT2D eigenvalue weighted by molar-refractivity contribution is 0.315. The average molecular weight is 216 g/mol. The topological polar surface area (TPSA) is 102 Å². The van der Waals surface area contributed by atoms with Crippen molar-refractivity contribution in [3.05, 3.63) is 0 Å². The first-order valence-corrected chi connectivity index (χ1v) is 4.96. The molecule has 1 atom stereocenters. The van der Waals surface area contributed by atoms with Crippen LogP contribution in [-0.4, -0.2) is 37.0 Å². The minimum absolute atomic E-state index is 0.0123. The fraction of sp³-hybridized carbons (Fsp3) is 0.667. The van der Waals surface area contributed by atoms with Crippen LogP contribution < -0.4 is 5.73 Å². The Morgan fingerprint density at radius 1 is 1.79 bits per heavy atom. The summed E-state index contributed by atoms with van der Waals surface area (Å²) >= 11 is 1.46. The largest absolute Gasteiger partial charge is 0.409 e. The van der Waals surface area contributed by atoms with Crippen molar-refractivity contribution in [3.8, 4) is 0 Å². The summed E-state index contributed by atoms with van der Waals surface area (Å²) in [4.78, 5) is 0. The molecule has 0 spiro atoms. The van der Waals surface area contributed by atoms with Gasteiger partial charge in [0.1, 0.15) is 5.84 Å². The third kappa shape index (κ3) is 2.59. The lowest BCUT2D eigenvalue weighted by Gasteiger charge is -2.07. The van der Waals surface area contributed by atoms with Crippen LogP contribution in [0, 0.1) is 5.92 Å². The molecule has 0 aliphatic carbocycles. The zero-order valence-electron chi connectivity index (χ0n) is 7.95. The summed E-state index contributed by atoms with van der Waals surface area (Å²) in [5, 5.41) is 23.0. The fourth-order valence-corrected chi connectivity index (χ4v) is 1.61. The van der Waals surface area contributed by atoms with Gasteiger partial charge < -0.3 is 10.9 Å². The van der Waals surface area contributed by atoms with Gasteiger partial charge >= 0.3 is 0 Å². The van der Waals surface area contributed by atoms with Crippen LogP contribution in [0.2, 0.25) is 0 Å². The van der Waals surface area contributed by atoms with E-state index in [0.717, 1.165) is 0 Å². The van der Waals surface area contributed by atoms with Gasteiger partial charge in [-0.2, -0.15) is 0 Å². The Morgan fingerprint density at radius 3 is 3.00 bits per heavy atom. The first-order chi connectivity index (χ1) is 6.65. The van der Waals surface area contributed by atoms with Crippen LogP contribution in [0.3, 0.4) is 0 Å². The van der Waals surface area contributed by atoms with Crippen molar-refractivity contribution in [2.24, 2.45) is 23.9 Å². The maximum Gasteiger partial charge on any atom is 0.209 e. The molecule has 1 heterocycles. The van der Waals surface area contributed by atoms with Crippen LogP contribution in [0.4, 0.5) is 0 Å². The van der Waals surface area contributed by atoms with Gasteiger partial charge in [0.15, 0.2) is 0 Å². The zero-order chi connectivity index (χ0) is 10.6. The van der Waals surface area contributed by atoms with Crippen molar-refractivity contribution in [3.63, 3.8) is 0 Å². The first kappa shape index (κ1) is 10.8. The molecule has 0 bridgehead atoms. The van der Waals surface area contributed by atoms with E-state index >= 15 is 0 Å². The number of aryl methyl sites for hydroxylation is 1. The van der Waals surface area contributed by atoms with Crippen molar-refractivity contribution >= 4 is 17.6 Å². The number of hydrogen-bond acceptors (Lipinski definition) is 6. The highest BCUT2D eigenvalue weighted by Crippen LogP contribution is 2.16. The Bertz CT molecular complexity index is 324. The number of amidine groups is 1. The quantitative estimate of drug-likeness (QED) is 0.235. The van der Waals surface area contributed by atoms with E-state index in [2.05, 4.69) is 20.7 Å². The molecule has 1 aromatic rings. The second kappa shape index (κ2) is 4.80. The van der Waals surface area contributed by atoms with Gasteiger partial charge in [0, 0.05) is 18.7 Å². The van der Waals surface area contributed by atoms with Crippen LogP contribution in [0.15, 0.2) is 10.3 Å². The van der Waals surface area contributed by atoms with Gasteiger partial charge in [0.2, 0.25) is 5.16 Å². The van der Waals surface area contributed by atoms with Crippen molar-refractivity contribution in [2.75, 3.05) is 5.75 Å². The summed E-state index contributed by atoms with van der Waals surface area (Å²) in [5.41, 5.74) is 5.42. The lowest BCUT2D eigenvalue weighted by Crippen LogP contribution is -2.23. The monoisotopic (exact) mass is 216 g/mol. The molecule has 0 aliphatic heterocycles. The standard InChI is InChI=1S/C6H12N6OS/c1-4(5(7)9-13)3-14-6-8-10-11-12(6)2/h4,13H,3H2,1-2H3,(H2,7,9). The minimum Gasteiger partial charge on any atom is -0.409 e. The summed E-state index contributed by atoms with van der Waals surface area (Å²) in [6.45, 7) is 1.87. The maximum atomic E-state index is 8.43. The normalized spacial score (nSPS) is 14.3. The second-order valence-corrected chi connectivity index (χ2v) is 3.81. The summed E-state index contributed by atoms with van der Waals surface area (Å²) in [6, 6.07) is 0. The molecule has 0 saturated carbocycles. The molecule has 1 aromatic heterocycles. The van der Waals surface area contributed by atoms with Crippen molar-refractivity contribution in [1.29, 1.82) is 0 Å². The molecular weight excluding hydrogens is 204 g/mol. The van der Waals surface area contributed by atoms with Crippen molar-refractivity contribution < 1.29 is 5.21 Å². The molecule has 0 saturated heterocycles. The van der Waals surface area contributed by atoms with E-state index in [1.54, 1.807) is 11.7 Å². The molecule has 14 heavy (non-hydrogen) atoms. The number of rotatable bonds is 4. The van der Waals surface area contributed by atoms with Gasteiger partial charge in [-0.15, -0.1) is 5.10 Å². The van der Waals surface area contributed by atoms with Crippen LogP contribution in [0.1, 0.15) is 6.92 Å². The number of thioether (sulfide) groups is 1. The maximum absolute atomic E-state index is 8.43. The van der Waals surface area contributed by atoms with Crippen LogP contribution in [-0.2, 0) is 7.05 Å². The van der Waals surface area contributed by atoms with E-state index in [1.165, 1.54) is 11.8 Å². The predicted octanol–water partition coefficient (Wildman–Crippen LogP) is -0.315. The van der Waals surface area contributed by atoms with E-state index in [9.17, 15) is 0 Å². The number of oxime groups is 1. The molecular formula is C6H12N6OS. The van der Waals surface area contributed by atoms with Gasteiger partial charge in [0.25, 0.3) is 0 Å². The molecule has 8 heteroatoms. The van der Waals surface area contributed by atoms with Crippen molar-refractivity contribution in [2.45, 2.75) is 12.1 Å². The smallest absolute Gasteiger partial charge is 0.209 e. The van der Waals surface area contributed by atoms with E-state index in [4.69, 9.17) is 10.9 Å². The number of nitrogens with zero attached hydrogens (tertiary/aromatic N) is 5. The number of aromatic nitrogens is 4. The Hall–Kier alpha value is -1.31. The molecule has 0 radical (unpaired) electrons. The third-order valence-electron chi connectivity index (χ3n) is 1.66. The lowest BCUT2D eigenvalue weighted by atomic mass is 10.2. The Labute approximate surface area is 85.3 Å². The Morgan fingerprint density at radius 2 is 2.50 bits per heavy atom. The molecule has 0 fully saturated rings. The van der Waals surface area contributed by atoms with E-state index in [1.807, 2.05) is 6.92 Å². The molecule has 78 valence electrons. The summed E-state index contributed by atoms with van der Waals surface area (Å²) in [7, 11) is 1.76. The first-order valence-electron chi connectivity index (χ1n) is 3.97. The molecule has 0 amide bonds. The van der Waals surface area contributed by atoms with Crippen LogP contribution >= 0.6 is 11.8 Å². The third-order valence-corrected chi connectivity index (χ3v) is 2.93. The van der Waals surface area contributed by atoms with E-state index in [0.29, 0.717) is 10.9 Å². The highest BCUT2D eigenvalue weighted by Gasteiger charge is 2.10. The van der Waals surface area contributed by atoms with Gasteiger partial charge in [-0.25, -0.2) is 4.68 Å². The molecule has 1 rings (SSSR count). The number of tetrazole rings is 1. The molecule has 0 aromatic carbocycles. The molecule has 0 aliphatic rings. The summed E-state index contributed by atoms with van der Waals surface area (Å²) in [6.07, 6.45) is 0. The summed E-state index contributed by atoms with van der Waals surface area (Å²) < 4.78 is 1.57. The average Bonchev–Trinajstić information content (AvgIpc) is 2.59. The van der Waals surface area contributed by atoms with E-state index < -0.39 is 0 Å². The van der Waals surface area contributed by atoms with Gasteiger partial charge in [-0.1, -0.05) is 23.8 Å². The predicted molar refractivity (Wildman–Crippen MR) is 52.1 cm³/mol. The highest BCUT2D eigenvalue weighted by atomic mass is 32.2. The van der Waals surface area contributed by atoms with Gasteiger partial charge in [-0.05, 0) is 10.4 Å². The van der Waals surface area contributed by atoms with Crippen LogP contribution in [0.5, 0.6) is 0 Å². The van der Waals surface area contributed by atoms with Crippen molar-refractivity contribution in [1.82, 2.24) is 20.2 Å². The SMILES string of the molecule is CC(CSc1nnnn1C)/C(N)=N/O. The highest BCUT2D eigenvalue weighted by molar-refractivity contribution is 7.99. The molecule has 1 unspecified atom stereocenters. The minimum atomic E-state index is -0.0123. The molecule has 3 N–H and O–H groups in total. The Kier molecular flexibility index (Phi) is 3.69. The van der Waals surface area contributed by atoms with E-state index in [-0.39, 0.29) is 11.8 Å². The fourth-order valence-electron chi connectivity index (χ4n) is 0.727. The number of hydrogen-bond donors (Lipinski definition) is 2. The van der Waals surface area contributed by atoms with Gasteiger partial charge in [-0.3, -0.25) is 0 Å². The summed E-state index contributed by atoms with van der Waals surface area (Å²) in [5.74, 6) is 0.874. The second-order valence-electron chi connectivity index (χ2n) is 2.82. The Balaban J connectivity index is 2.45.